The van der Waals surface area contributed by atoms with Crippen LogP contribution in [0.1, 0.15) is 219 Å². The molecule has 9 nitrogen and oxygen atoms in total. The highest BCUT2D eigenvalue weighted by molar-refractivity contribution is 7.47. The first-order valence-electron chi connectivity index (χ1n) is 29.3. The van der Waals surface area contributed by atoms with Gasteiger partial charge in [-0.2, -0.15) is 0 Å². The smallest absolute Gasteiger partial charge is 0.462 e. The molecule has 0 aliphatic carbocycles. The first kappa shape index (κ1) is 70.4. The Morgan fingerprint density at radius 1 is 0.432 bits per heavy atom. The van der Waals surface area contributed by atoms with E-state index < -0.39 is 26.5 Å². The van der Waals surface area contributed by atoms with Crippen LogP contribution in [0.4, 0.5) is 0 Å². The summed E-state index contributed by atoms with van der Waals surface area (Å²) in [5.41, 5.74) is 0. The summed E-state index contributed by atoms with van der Waals surface area (Å²) in [7, 11) is 1.43. The van der Waals surface area contributed by atoms with Crippen molar-refractivity contribution in [3.05, 3.63) is 122 Å². The third-order valence-electron chi connectivity index (χ3n) is 12.0. The van der Waals surface area contributed by atoms with Crippen LogP contribution in [-0.4, -0.2) is 74.9 Å². The number of likely N-dealkylation sites (N-methyl/N-ethyl adjacent to an activating group) is 1. The quantitative estimate of drug-likeness (QED) is 0.0211. The van der Waals surface area contributed by atoms with E-state index in [1.54, 1.807) is 0 Å². The van der Waals surface area contributed by atoms with E-state index in [1.807, 2.05) is 21.1 Å². The minimum atomic E-state index is -4.41. The van der Waals surface area contributed by atoms with Gasteiger partial charge in [0.15, 0.2) is 6.10 Å². The van der Waals surface area contributed by atoms with Crippen LogP contribution in [0.3, 0.4) is 0 Å². The van der Waals surface area contributed by atoms with Crippen LogP contribution in [0, 0.1) is 0 Å². The maximum absolute atomic E-state index is 12.8. The summed E-state index contributed by atoms with van der Waals surface area (Å²) in [5.74, 6) is -0.858. The zero-order valence-corrected chi connectivity index (χ0v) is 48.7. The Balaban J connectivity index is 4.30. The highest BCUT2D eigenvalue weighted by Gasteiger charge is 2.27. The van der Waals surface area contributed by atoms with Gasteiger partial charge in [0.1, 0.15) is 19.8 Å². The van der Waals surface area contributed by atoms with Crippen molar-refractivity contribution >= 4 is 19.8 Å². The molecule has 0 aromatic carbocycles. The molecule has 0 aliphatic rings. The summed E-state index contributed by atoms with van der Waals surface area (Å²) in [5, 5.41) is 0. The number of rotatable bonds is 52. The lowest BCUT2D eigenvalue weighted by atomic mass is 10.0. The van der Waals surface area contributed by atoms with Crippen molar-refractivity contribution < 1.29 is 42.1 Å². The van der Waals surface area contributed by atoms with Gasteiger partial charge < -0.3 is 18.9 Å². The summed E-state index contributed by atoms with van der Waals surface area (Å²) in [4.78, 5) is 35.7. The summed E-state index contributed by atoms with van der Waals surface area (Å²) in [6.45, 7) is 4.25. The lowest BCUT2D eigenvalue weighted by molar-refractivity contribution is -0.870. The Bertz CT molecular complexity index is 1660. The number of nitrogens with zero attached hydrogens (tertiary/aromatic N) is 1. The van der Waals surface area contributed by atoms with Crippen LogP contribution in [-0.2, 0) is 32.7 Å². The lowest BCUT2D eigenvalue weighted by Gasteiger charge is -2.24. The number of phosphoric ester groups is 1. The van der Waals surface area contributed by atoms with E-state index in [-0.39, 0.29) is 32.0 Å². The SMILES string of the molecule is CC/C=C\C/C=C\C/C=C\C/C=C\C/C=C\C/C=C\C/C=C\C/C=C\CCCCC(=O)OC(COC(=O)CCCCCCCCCCCCC/C=C\C/C=C\CCCCCCC)COP(=O)(O)OCC[N+](C)(C)C. The fourth-order valence-corrected chi connectivity index (χ4v) is 8.21. The molecule has 0 rings (SSSR count). The van der Waals surface area contributed by atoms with E-state index in [0.717, 1.165) is 89.9 Å². The van der Waals surface area contributed by atoms with Crippen molar-refractivity contribution in [1.29, 1.82) is 0 Å². The number of carbonyl (C=O) groups is 2. The van der Waals surface area contributed by atoms with Gasteiger partial charge in [0.05, 0.1) is 27.7 Å². The Labute approximate surface area is 454 Å². The molecule has 0 aromatic rings. The normalized spacial score (nSPS) is 14.2. The number of esters is 2. The van der Waals surface area contributed by atoms with Crippen LogP contribution >= 0.6 is 7.82 Å². The summed E-state index contributed by atoms with van der Waals surface area (Å²) < 4.78 is 34.5. The third kappa shape index (κ3) is 57.7. The van der Waals surface area contributed by atoms with Gasteiger partial charge in [-0.05, 0) is 109 Å². The van der Waals surface area contributed by atoms with Crippen molar-refractivity contribution in [3.63, 3.8) is 0 Å². The Morgan fingerprint density at radius 2 is 0.770 bits per heavy atom. The molecule has 2 unspecified atom stereocenters. The maximum Gasteiger partial charge on any atom is 0.472 e. The van der Waals surface area contributed by atoms with E-state index >= 15 is 0 Å². The first-order chi connectivity index (χ1) is 36.0. The van der Waals surface area contributed by atoms with Crippen LogP contribution in [0.2, 0.25) is 0 Å². The average molecular weight is 1050 g/mol. The van der Waals surface area contributed by atoms with Crippen molar-refractivity contribution in [2.75, 3.05) is 47.5 Å². The number of quaternary nitrogens is 1. The fraction of sp³-hybridized carbons (Fsp3) is 0.656. The van der Waals surface area contributed by atoms with Crippen molar-refractivity contribution in [2.24, 2.45) is 0 Å². The predicted octanol–water partition coefficient (Wildman–Crippen LogP) is 18.4. The van der Waals surface area contributed by atoms with Crippen molar-refractivity contribution in [3.8, 4) is 0 Å². The fourth-order valence-electron chi connectivity index (χ4n) is 7.47. The van der Waals surface area contributed by atoms with Gasteiger partial charge in [0, 0.05) is 12.8 Å². The molecule has 0 amide bonds. The number of phosphoric acid groups is 1. The summed E-state index contributed by atoms with van der Waals surface area (Å²) in [6, 6.07) is 0. The lowest BCUT2D eigenvalue weighted by Crippen LogP contribution is -2.37. The highest BCUT2D eigenvalue weighted by atomic mass is 31.2. The molecule has 0 aliphatic heterocycles. The molecule has 0 bridgehead atoms. The largest absolute Gasteiger partial charge is 0.472 e. The molecule has 0 radical (unpaired) electrons. The molecule has 422 valence electrons. The third-order valence-corrected chi connectivity index (χ3v) is 13.0. The molecule has 0 spiro atoms. The molecule has 10 heteroatoms. The highest BCUT2D eigenvalue weighted by Crippen LogP contribution is 2.43. The Morgan fingerprint density at radius 3 is 1.18 bits per heavy atom. The monoisotopic (exact) mass is 1050 g/mol. The number of unbranched alkanes of at least 4 members (excludes halogenated alkanes) is 18. The van der Waals surface area contributed by atoms with E-state index in [0.29, 0.717) is 17.4 Å². The number of allylic oxidation sites excluding steroid dienone is 20. The number of carbonyl (C=O) groups excluding carboxylic acids is 2. The average Bonchev–Trinajstić information content (AvgIpc) is 3.36. The van der Waals surface area contributed by atoms with E-state index in [9.17, 15) is 19.0 Å². The minimum Gasteiger partial charge on any atom is -0.462 e. The molecule has 0 aromatic heterocycles. The van der Waals surface area contributed by atoms with Gasteiger partial charge in [-0.1, -0.05) is 219 Å². The van der Waals surface area contributed by atoms with Gasteiger partial charge in [-0.25, -0.2) is 4.57 Å². The van der Waals surface area contributed by atoms with Gasteiger partial charge in [-0.3, -0.25) is 18.6 Å². The number of hydrogen-bond donors (Lipinski definition) is 1. The second-order valence-corrected chi connectivity index (χ2v) is 21.7. The maximum atomic E-state index is 12.8. The molecule has 1 N–H and O–H groups in total. The van der Waals surface area contributed by atoms with Crippen LogP contribution < -0.4 is 0 Å². The molecule has 2 atom stereocenters. The van der Waals surface area contributed by atoms with Crippen molar-refractivity contribution in [1.82, 2.24) is 0 Å². The standard InChI is InChI=1S/C64H108NO8P/c1-6-8-10-12-14-16-18-20-22-24-26-28-30-31-32-33-35-37-39-41-43-45-47-49-51-53-55-57-64(67)73-62(61-72-74(68,69)71-59-58-65(3,4)5)60-70-63(66)56-54-52-50-48-46-44-42-40-38-36-34-29-27-25-23-21-19-17-15-13-11-9-7-2/h8,10,14,16,19-22,25-28,31-32,35,37,41,43,47,49,62H,6-7,9,11-13,15,17-18,23-24,29-30,33-34,36,38-40,42,44-46,48,50-61H2,1-5H3/p+1/b10-8-,16-14-,21-19-,22-20-,27-25-,28-26-,32-31-,37-35-,43-41-,49-47-. The Hall–Kier alpha value is -3.59. The molecule has 0 saturated carbocycles. The zero-order chi connectivity index (χ0) is 54.2. The molecule has 0 heterocycles. The summed E-state index contributed by atoms with van der Waals surface area (Å²) >= 11 is 0. The predicted molar refractivity (Wildman–Crippen MR) is 316 cm³/mol. The number of hydrogen-bond acceptors (Lipinski definition) is 7. The summed E-state index contributed by atoms with van der Waals surface area (Å²) in [6.07, 6.45) is 77.0. The topological polar surface area (TPSA) is 108 Å². The van der Waals surface area contributed by atoms with Gasteiger partial charge in [0.25, 0.3) is 0 Å². The van der Waals surface area contributed by atoms with Gasteiger partial charge in [0.2, 0.25) is 0 Å². The van der Waals surface area contributed by atoms with E-state index in [2.05, 4.69) is 135 Å². The first-order valence-corrected chi connectivity index (χ1v) is 30.8. The van der Waals surface area contributed by atoms with Crippen LogP contribution in [0.25, 0.3) is 0 Å². The number of ether oxygens (including phenoxy) is 2. The van der Waals surface area contributed by atoms with Crippen molar-refractivity contribution in [2.45, 2.75) is 225 Å². The zero-order valence-electron chi connectivity index (χ0n) is 47.8. The molecule has 0 saturated heterocycles. The Kier molecular flexibility index (Phi) is 51.6. The minimum absolute atomic E-state index is 0.0159. The van der Waals surface area contributed by atoms with E-state index in [4.69, 9.17) is 18.5 Å². The van der Waals surface area contributed by atoms with Gasteiger partial charge in [-0.15, -0.1) is 0 Å². The molecular weight excluding hydrogens is 942 g/mol. The van der Waals surface area contributed by atoms with Crippen LogP contribution in [0.15, 0.2) is 122 Å². The van der Waals surface area contributed by atoms with Gasteiger partial charge >= 0.3 is 19.8 Å². The van der Waals surface area contributed by atoms with Crippen LogP contribution in [0.5, 0.6) is 0 Å². The molecule has 74 heavy (non-hydrogen) atoms. The van der Waals surface area contributed by atoms with E-state index in [1.165, 1.54) is 96.3 Å². The molecular formula is C64H109NO8P+. The molecule has 0 fully saturated rings. The second-order valence-electron chi connectivity index (χ2n) is 20.3. The second kappa shape index (κ2) is 54.2.